The van der Waals surface area contributed by atoms with E-state index < -0.39 is 0 Å². The van der Waals surface area contributed by atoms with E-state index in [1.165, 1.54) is 0 Å². The summed E-state index contributed by atoms with van der Waals surface area (Å²) in [6, 6.07) is 3.66. The van der Waals surface area contributed by atoms with Crippen molar-refractivity contribution in [2.45, 2.75) is 31.6 Å². The largest absolute Gasteiger partial charge is 0.436 e. The molecule has 2 aliphatic rings. The number of hydrogen-bond donors (Lipinski definition) is 0. The van der Waals surface area contributed by atoms with Crippen LogP contribution in [0.1, 0.15) is 37.3 Å². The van der Waals surface area contributed by atoms with Crippen molar-refractivity contribution in [3.8, 4) is 11.6 Å². The number of aromatic nitrogens is 3. The Hall–Kier alpha value is -2.50. The molecule has 0 bridgehead atoms. The zero-order valence-corrected chi connectivity index (χ0v) is 13.5. The highest BCUT2D eigenvalue weighted by Crippen LogP contribution is 2.34. The molecule has 0 radical (unpaired) electrons. The Labute approximate surface area is 140 Å². The number of ether oxygens (including phenoxy) is 1. The number of carbonyl (C=O) groups excluding carboxylic acids is 1. The Morgan fingerprint density at radius 2 is 1.92 bits per heavy atom. The summed E-state index contributed by atoms with van der Waals surface area (Å²) in [6.07, 6.45) is 10.8. The Bertz CT molecular complexity index is 710. The predicted molar refractivity (Wildman–Crippen MR) is 87.6 cm³/mol. The van der Waals surface area contributed by atoms with Crippen LogP contribution in [0.15, 0.2) is 36.9 Å². The van der Waals surface area contributed by atoms with Crippen molar-refractivity contribution in [3.63, 3.8) is 0 Å². The van der Waals surface area contributed by atoms with Crippen LogP contribution in [0, 0.1) is 5.92 Å². The van der Waals surface area contributed by atoms with Gasteiger partial charge in [-0.15, -0.1) is 0 Å². The van der Waals surface area contributed by atoms with E-state index >= 15 is 0 Å². The summed E-state index contributed by atoms with van der Waals surface area (Å²) in [4.78, 5) is 27.0. The molecule has 1 amide bonds. The minimum Gasteiger partial charge on any atom is -0.436 e. The van der Waals surface area contributed by atoms with Crippen molar-refractivity contribution >= 4 is 5.91 Å². The lowest BCUT2D eigenvalue weighted by molar-refractivity contribution is -0.133. The van der Waals surface area contributed by atoms with E-state index in [0.717, 1.165) is 44.5 Å². The minimum atomic E-state index is 0.303. The minimum absolute atomic E-state index is 0.303. The molecule has 0 atom stereocenters. The molecule has 2 fully saturated rings. The number of rotatable bonds is 4. The molecular formula is C18H20N4O2. The highest BCUT2D eigenvalue weighted by Gasteiger charge is 2.35. The Morgan fingerprint density at radius 1 is 1.08 bits per heavy atom. The maximum absolute atomic E-state index is 12.1. The number of hydrogen-bond acceptors (Lipinski definition) is 5. The second-order valence-electron chi connectivity index (χ2n) is 6.45. The fraction of sp³-hybridized carbons (Fsp3) is 0.444. The van der Waals surface area contributed by atoms with Crippen LogP contribution in [-0.4, -0.2) is 38.8 Å². The Kier molecular flexibility index (Phi) is 4.11. The lowest BCUT2D eigenvalue weighted by atomic mass is 9.93. The van der Waals surface area contributed by atoms with Gasteiger partial charge in [-0.3, -0.25) is 14.8 Å². The number of nitrogens with zero attached hydrogens (tertiary/aromatic N) is 4. The molecular weight excluding hydrogens is 304 g/mol. The zero-order chi connectivity index (χ0) is 16.4. The first kappa shape index (κ1) is 15.1. The van der Waals surface area contributed by atoms with Gasteiger partial charge in [-0.1, -0.05) is 0 Å². The summed E-state index contributed by atoms with van der Waals surface area (Å²) in [5, 5.41) is 0. The lowest BCUT2D eigenvalue weighted by Crippen LogP contribution is -2.38. The molecule has 0 spiro atoms. The molecule has 0 aromatic carbocycles. The smallest absolute Gasteiger partial charge is 0.238 e. The molecule has 1 saturated heterocycles. The molecule has 1 saturated carbocycles. The van der Waals surface area contributed by atoms with Gasteiger partial charge >= 0.3 is 0 Å². The first-order chi connectivity index (χ1) is 11.8. The molecule has 0 N–H and O–H groups in total. The summed E-state index contributed by atoms with van der Waals surface area (Å²) in [6.45, 7) is 1.63. The molecule has 2 aromatic rings. The van der Waals surface area contributed by atoms with Crippen LogP contribution >= 0.6 is 0 Å². The van der Waals surface area contributed by atoms with E-state index in [1.807, 2.05) is 17.0 Å². The number of amides is 1. The summed E-state index contributed by atoms with van der Waals surface area (Å²) in [5.74, 6) is 2.11. The summed E-state index contributed by atoms with van der Waals surface area (Å²) >= 11 is 0. The van der Waals surface area contributed by atoms with Crippen LogP contribution in [0.4, 0.5) is 0 Å². The first-order valence-electron chi connectivity index (χ1n) is 8.48. The average molecular weight is 324 g/mol. The first-order valence-corrected chi connectivity index (χ1v) is 8.48. The quantitative estimate of drug-likeness (QED) is 0.865. The Morgan fingerprint density at radius 3 is 2.62 bits per heavy atom. The summed E-state index contributed by atoms with van der Waals surface area (Å²) in [7, 11) is 0. The van der Waals surface area contributed by atoms with Gasteiger partial charge in [0.1, 0.15) is 5.75 Å². The van der Waals surface area contributed by atoms with Gasteiger partial charge in [0.15, 0.2) is 0 Å². The molecule has 3 heterocycles. The van der Waals surface area contributed by atoms with Gasteiger partial charge in [0.05, 0.1) is 18.1 Å². The van der Waals surface area contributed by atoms with Gasteiger partial charge in [-0.05, 0) is 37.8 Å². The van der Waals surface area contributed by atoms with Crippen molar-refractivity contribution in [2.75, 3.05) is 13.1 Å². The molecule has 1 aliphatic heterocycles. The van der Waals surface area contributed by atoms with Crippen molar-refractivity contribution in [1.82, 2.24) is 19.9 Å². The maximum atomic E-state index is 12.1. The third-order valence-corrected chi connectivity index (χ3v) is 4.64. The van der Waals surface area contributed by atoms with Gasteiger partial charge in [0.25, 0.3) is 0 Å². The molecule has 124 valence electrons. The van der Waals surface area contributed by atoms with Gasteiger partial charge < -0.3 is 9.64 Å². The maximum Gasteiger partial charge on any atom is 0.238 e. The second-order valence-corrected chi connectivity index (χ2v) is 6.45. The second kappa shape index (κ2) is 6.55. The predicted octanol–water partition coefficient (Wildman–Crippen LogP) is 2.78. The summed E-state index contributed by atoms with van der Waals surface area (Å²) < 4.78 is 5.71. The molecule has 2 aromatic heterocycles. The van der Waals surface area contributed by atoms with E-state index in [2.05, 4.69) is 15.0 Å². The van der Waals surface area contributed by atoms with Crippen LogP contribution in [-0.2, 0) is 4.79 Å². The molecule has 24 heavy (non-hydrogen) atoms. The fourth-order valence-electron chi connectivity index (χ4n) is 3.12. The van der Waals surface area contributed by atoms with Crippen LogP contribution in [0.3, 0.4) is 0 Å². The van der Waals surface area contributed by atoms with Gasteiger partial charge in [-0.2, -0.15) is 0 Å². The molecule has 6 heteroatoms. The van der Waals surface area contributed by atoms with E-state index in [0.29, 0.717) is 29.4 Å². The van der Waals surface area contributed by atoms with Crippen LogP contribution in [0.5, 0.6) is 11.6 Å². The summed E-state index contributed by atoms with van der Waals surface area (Å²) in [5.41, 5.74) is 0.940. The third kappa shape index (κ3) is 3.37. The highest BCUT2D eigenvalue weighted by atomic mass is 16.5. The molecule has 1 aliphatic carbocycles. The van der Waals surface area contributed by atoms with Crippen LogP contribution < -0.4 is 4.74 Å². The van der Waals surface area contributed by atoms with Crippen molar-refractivity contribution in [2.24, 2.45) is 5.92 Å². The monoisotopic (exact) mass is 324 g/mol. The average Bonchev–Trinajstić information content (AvgIpc) is 3.48. The zero-order valence-electron chi connectivity index (χ0n) is 13.5. The van der Waals surface area contributed by atoms with Crippen LogP contribution in [0.2, 0.25) is 0 Å². The van der Waals surface area contributed by atoms with Gasteiger partial charge in [0.2, 0.25) is 11.8 Å². The third-order valence-electron chi connectivity index (χ3n) is 4.64. The number of piperidine rings is 1. The van der Waals surface area contributed by atoms with Gasteiger partial charge in [-0.25, -0.2) is 4.98 Å². The SMILES string of the molecule is O=C(C1CC1)N1CCC(c2cncc(Oc3cccnc3)n2)CC1. The van der Waals surface area contributed by atoms with Crippen LogP contribution in [0.25, 0.3) is 0 Å². The standard InChI is InChI=1S/C18H20N4O2/c23-18(14-3-4-14)22-8-5-13(6-9-22)16-11-20-12-17(21-16)24-15-2-1-7-19-10-15/h1-2,7,10-14H,3-6,8-9H2. The lowest BCUT2D eigenvalue weighted by Gasteiger charge is -2.31. The van der Waals surface area contributed by atoms with E-state index in [4.69, 9.17) is 4.74 Å². The molecule has 4 rings (SSSR count). The topological polar surface area (TPSA) is 68.2 Å². The van der Waals surface area contributed by atoms with Gasteiger partial charge in [0, 0.05) is 37.3 Å². The van der Waals surface area contributed by atoms with E-state index in [9.17, 15) is 4.79 Å². The number of carbonyl (C=O) groups is 1. The number of likely N-dealkylation sites (tertiary alicyclic amines) is 1. The van der Waals surface area contributed by atoms with E-state index in [1.54, 1.807) is 24.8 Å². The molecule has 0 unspecified atom stereocenters. The van der Waals surface area contributed by atoms with Crippen molar-refractivity contribution < 1.29 is 9.53 Å². The highest BCUT2D eigenvalue weighted by molar-refractivity contribution is 5.81. The number of pyridine rings is 1. The van der Waals surface area contributed by atoms with Crippen molar-refractivity contribution in [1.29, 1.82) is 0 Å². The van der Waals surface area contributed by atoms with Crippen molar-refractivity contribution in [3.05, 3.63) is 42.6 Å². The molecule has 6 nitrogen and oxygen atoms in total. The van der Waals surface area contributed by atoms with E-state index in [-0.39, 0.29) is 0 Å². The Balaban J connectivity index is 1.40. The normalized spacial score (nSPS) is 18.4. The fourth-order valence-corrected chi connectivity index (χ4v) is 3.12.